The number of sulfonamides is 1. The van der Waals surface area contributed by atoms with Crippen molar-refractivity contribution in [3.05, 3.63) is 17.3 Å². The van der Waals surface area contributed by atoms with Crippen LogP contribution in [0.5, 0.6) is 0 Å². The highest BCUT2D eigenvalue weighted by Crippen LogP contribution is 2.31. The first kappa shape index (κ1) is 18.0. The van der Waals surface area contributed by atoms with Crippen LogP contribution in [0.25, 0.3) is 10.2 Å². The highest BCUT2D eigenvalue weighted by molar-refractivity contribution is 7.88. The molecule has 0 saturated carbocycles. The van der Waals surface area contributed by atoms with Gasteiger partial charge in [-0.05, 0) is 6.07 Å². The van der Waals surface area contributed by atoms with Crippen molar-refractivity contribution in [2.45, 2.75) is 0 Å². The Morgan fingerprint density at radius 1 is 1.32 bits per heavy atom. The third-order valence-corrected chi connectivity index (χ3v) is 5.86. The van der Waals surface area contributed by atoms with Crippen molar-refractivity contribution < 1.29 is 13.2 Å². The minimum Gasteiger partial charge on any atom is -0.365 e. The molecule has 3 N–H and O–H groups in total. The van der Waals surface area contributed by atoms with Crippen LogP contribution < -0.4 is 15.4 Å². The summed E-state index contributed by atoms with van der Waals surface area (Å²) in [5.41, 5.74) is 6.08. The minimum atomic E-state index is -3.15. The number of amides is 1. The fourth-order valence-electron chi connectivity index (χ4n) is 2.76. The van der Waals surface area contributed by atoms with Crippen LogP contribution in [-0.2, 0) is 10.0 Å². The Morgan fingerprint density at radius 3 is 2.68 bits per heavy atom. The molecule has 1 saturated heterocycles. The Kier molecular flexibility index (Phi) is 5.18. The van der Waals surface area contributed by atoms with Crippen molar-refractivity contribution in [3.8, 4) is 0 Å². The van der Waals surface area contributed by atoms with Gasteiger partial charge in [0.1, 0.15) is 12.1 Å². The van der Waals surface area contributed by atoms with Gasteiger partial charge >= 0.3 is 0 Å². The summed E-state index contributed by atoms with van der Waals surface area (Å²) in [5, 5.41) is 0. The van der Waals surface area contributed by atoms with E-state index in [2.05, 4.69) is 24.5 Å². The highest BCUT2D eigenvalue weighted by atomic mass is 32.2. The van der Waals surface area contributed by atoms with Gasteiger partial charge in [-0.25, -0.2) is 23.1 Å². The van der Waals surface area contributed by atoms with Gasteiger partial charge in [0.05, 0.1) is 21.3 Å². The smallest absolute Gasteiger partial charge is 0.258 e. The third-order valence-electron chi connectivity index (χ3n) is 4.00. The molecule has 0 atom stereocenters. The number of carbonyl (C=O) groups excluding carboxylic acids is 1. The van der Waals surface area contributed by atoms with E-state index in [1.165, 1.54) is 17.7 Å². The summed E-state index contributed by atoms with van der Waals surface area (Å²) in [6.07, 6.45) is 2.66. The Labute approximate surface area is 149 Å². The number of aromatic nitrogens is 2. The average molecular weight is 384 g/mol. The molecule has 2 aromatic rings. The lowest BCUT2D eigenvalue weighted by atomic mass is 10.3. The van der Waals surface area contributed by atoms with Crippen LogP contribution in [-0.4, -0.2) is 74.7 Å². The Hall–Kier alpha value is -1.82. The molecule has 3 rings (SSSR count). The van der Waals surface area contributed by atoms with Crippen LogP contribution in [0.4, 0.5) is 5.82 Å². The van der Waals surface area contributed by atoms with E-state index in [1.807, 2.05) is 0 Å². The van der Waals surface area contributed by atoms with E-state index in [0.717, 1.165) is 48.5 Å². The number of hydrogen-bond acceptors (Lipinski definition) is 8. The lowest BCUT2D eigenvalue weighted by molar-refractivity contribution is 0.100. The van der Waals surface area contributed by atoms with Crippen LogP contribution in [0.1, 0.15) is 9.67 Å². The molecule has 1 fully saturated rings. The van der Waals surface area contributed by atoms with Crippen LogP contribution in [0.15, 0.2) is 12.4 Å². The lowest BCUT2D eigenvalue weighted by Gasteiger charge is -2.35. The molecule has 1 amide bonds. The molecule has 1 aliphatic rings. The molecule has 0 radical (unpaired) electrons. The van der Waals surface area contributed by atoms with Crippen molar-refractivity contribution >= 4 is 43.3 Å². The quantitative estimate of drug-likeness (QED) is 0.686. The first-order valence-corrected chi connectivity index (χ1v) is 10.5. The van der Waals surface area contributed by atoms with Gasteiger partial charge in [0.15, 0.2) is 0 Å². The summed E-state index contributed by atoms with van der Waals surface area (Å²) in [6.45, 7) is 4.24. The van der Waals surface area contributed by atoms with Gasteiger partial charge in [0.2, 0.25) is 10.0 Å². The zero-order valence-electron chi connectivity index (χ0n) is 13.8. The van der Waals surface area contributed by atoms with Crippen molar-refractivity contribution in [1.82, 2.24) is 19.6 Å². The zero-order valence-corrected chi connectivity index (χ0v) is 15.4. The van der Waals surface area contributed by atoms with Crippen LogP contribution in [0.3, 0.4) is 0 Å². The highest BCUT2D eigenvalue weighted by Gasteiger charge is 2.21. The maximum Gasteiger partial charge on any atom is 0.258 e. The van der Waals surface area contributed by atoms with E-state index in [-0.39, 0.29) is 0 Å². The molecular formula is C14H20N6O3S2. The summed E-state index contributed by atoms with van der Waals surface area (Å²) in [7, 11) is -3.15. The van der Waals surface area contributed by atoms with Gasteiger partial charge in [-0.2, -0.15) is 0 Å². The second-order valence-electron chi connectivity index (χ2n) is 5.88. The van der Waals surface area contributed by atoms with E-state index < -0.39 is 15.9 Å². The van der Waals surface area contributed by atoms with Crippen molar-refractivity contribution in [3.63, 3.8) is 0 Å². The molecule has 0 unspecified atom stereocenters. The molecule has 25 heavy (non-hydrogen) atoms. The maximum absolute atomic E-state index is 11.4. The predicted molar refractivity (Wildman–Crippen MR) is 97.4 cm³/mol. The second-order valence-corrected chi connectivity index (χ2v) is 8.77. The molecule has 9 nitrogen and oxygen atoms in total. The molecule has 0 aromatic carbocycles. The topological polar surface area (TPSA) is 122 Å². The Balaban J connectivity index is 1.65. The number of nitrogens with two attached hydrogens (primary N) is 1. The number of thiophene rings is 1. The molecule has 136 valence electrons. The summed E-state index contributed by atoms with van der Waals surface area (Å²) in [6, 6.07) is 1.70. The number of carbonyl (C=O) groups is 1. The van der Waals surface area contributed by atoms with Gasteiger partial charge in [-0.15, -0.1) is 11.3 Å². The number of primary amides is 1. The molecule has 0 spiro atoms. The van der Waals surface area contributed by atoms with E-state index in [9.17, 15) is 13.2 Å². The molecular weight excluding hydrogens is 364 g/mol. The molecule has 3 heterocycles. The third kappa shape index (κ3) is 4.42. The van der Waals surface area contributed by atoms with Gasteiger partial charge < -0.3 is 10.6 Å². The van der Waals surface area contributed by atoms with E-state index >= 15 is 0 Å². The van der Waals surface area contributed by atoms with E-state index in [1.54, 1.807) is 6.07 Å². The summed E-state index contributed by atoms with van der Waals surface area (Å²) >= 11 is 1.31. The first-order valence-electron chi connectivity index (χ1n) is 7.80. The number of nitrogens with zero attached hydrogens (tertiary/aromatic N) is 4. The number of nitrogens with one attached hydrogen (secondary N) is 1. The van der Waals surface area contributed by atoms with E-state index in [0.29, 0.717) is 18.0 Å². The summed E-state index contributed by atoms with van der Waals surface area (Å²) in [5.74, 6) is 0.355. The van der Waals surface area contributed by atoms with Gasteiger partial charge in [-0.3, -0.25) is 9.69 Å². The van der Waals surface area contributed by atoms with Gasteiger partial charge in [-0.1, -0.05) is 0 Å². The molecule has 0 bridgehead atoms. The normalized spacial score (nSPS) is 16.4. The van der Waals surface area contributed by atoms with Crippen molar-refractivity contribution in [1.29, 1.82) is 0 Å². The number of fused-ring (bicyclic) bond motifs is 1. The average Bonchev–Trinajstić information content (AvgIpc) is 2.99. The fourth-order valence-corrected chi connectivity index (χ4v) is 4.20. The Morgan fingerprint density at radius 2 is 2.04 bits per heavy atom. The van der Waals surface area contributed by atoms with Crippen molar-refractivity contribution in [2.24, 2.45) is 5.73 Å². The molecule has 11 heteroatoms. The first-order chi connectivity index (χ1) is 11.8. The summed E-state index contributed by atoms with van der Waals surface area (Å²) in [4.78, 5) is 24.8. The number of piperazine rings is 1. The maximum atomic E-state index is 11.4. The van der Waals surface area contributed by atoms with Crippen LogP contribution >= 0.6 is 11.3 Å². The fraction of sp³-hybridized carbons (Fsp3) is 0.500. The standard InChI is InChI=1S/C14H20N6O3S2/c1-25(22,23)18-2-3-19-4-6-20(7-5-19)14-12-10(16-9-17-14)8-11(24-12)13(15)21/h8-9,18H,2-7H2,1H3,(H2,15,21). The number of anilines is 1. The SMILES string of the molecule is CS(=O)(=O)NCCN1CCN(c2ncnc3cc(C(N)=O)sc23)CC1. The monoisotopic (exact) mass is 384 g/mol. The minimum absolute atomic E-state index is 0.406. The van der Waals surface area contributed by atoms with E-state index in [4.69, 9.17) is 5.73 Å². The predicted octanol–water partition coefficient (Wildman–Crippen LogP) is -0.539. The largest absolute Gasteiger partial charge is 0.365 e. The van der Waals surface area contributed by atoms with Crippen LogP contribution in [0.2, 0.25) is 0 Å². The molecule has 1 aliphatic heterocycles. The summed E-state index contributed by atoms with van der Waals surface area (Å²) < 4.78 is 25.6. The number of rotatable bonds is 6. The second kappa shape index (κ2) is 7.20. The lowest BCUT2D eigenvalue weighted by Crippen LogP contribution is -2.48. The van der Waals surface area contributed by atoms with Crippen molar-refractivity contribution in [2.75, 3.05) is 50.4 Å². The van der Waals surface area contributed by atoms with Gasteiger partial charge in [0.25, 0.3) is 5.91 Å². The number of hydrogen-bond donors (Lipinski definition) is 2. The Bertz CT molecular complexity index is 874. The van der Waals surface area contributed by atoms with Crippen LogP contribution in [0, 0.1) is 0 Å². The van der Waals surface area contributed by atoms with Gasteiger partial charge in [0, 0.05) is 39.3 Å². The zero-order chi connectivity index (χ0) is 18.0. The molecule has 0 aliphatic carbocycles. The molecule has 2 aromatic heterocycles.